The summed E-state index contributed by atoms with van der Waals surface area (Å²) in [4.78, 5) is 4.08. The Hall–Kier alpha value is -0.680. The summed E-state index contributed by atoms with van der Waals surface area (Å²) in [6.07, 6.45) is 5.51. The van der Waals surface area contributed by atoms with E-state index in [4.69, 9.17) is 0 Å². The van der Waals surface area contributed by atoms with E-state index in [2.05, 4.69) is 20.0 Å². The van der Waals surface area contributed by atoms with Crippen LogP contribution >= 0.6 is 11.5 Å². The van der Waals surface area contributed by atoms with E-state index in [0.717, 1.165) is 17.6 Å². The molecule has 2 heterocycles. The van der Waals surface area contributed by atoms with Crippen LogP contribution in [-0.4, -0.2) is 29.0 Å². The molecule has 0 amide bonds. The molecule has 2 N–H and O–H groups in total. The maximum Gasteiger partial charge on any atom is 0.202 e. The largest absolute Gasteiger partial charge is 0.360 e. The molecule has 0 aromatic carbocycles. The van der Waals surface area contributed by atoms with Crippen LogP contribution < -0.4 is 10.6 Å². The first kappa shape index (κ1) is 9.86. The zero-order valence-corrected chi connectivity index (χ0v) is 9.02. The minimum Gasteiger partial charge on any atom is -0.360 e. The number of piperidine rings is 1. The van der Waals surface area contributed by atoms with Crippen LogP contribution in [0.1, 0.15) is 19.3 Å². The number of aromatic nitrogens is 2. The average Bonchev–Trinajstić information content (AvgIpc) is 2.72. The second kappa shape index (κ2) is 5.26. The van der Waals surface area contributed by atoms with Gasteiger partial charge in [-0.15, -0.1) is 0 Å². The first-order valence-corrected chi connectivity index (χ1v) is 5.94. The standard InChI is InChI=1S/C9H16N4S/c1-2-8(6-10-4-1)3-5-11-9-12-7-13-14-9/h7-8,10H,1-6H2,(H,11,12,13). The number of nitrogens with one attached hydrogen (secondary N) is 2. The van der Waals surface area contributed by atoms with Crippen LogP contribution in [-0.2, 0) is 0 Å². The highest BCUT2D eigenvalue weighted by atomic mass is 32.1. The van der Waals surface area contributed by atoms with Crippen molar-refractivity contribution in [3.63, 3.8) is 0 Å². The zero-order chi connectivity index (χ0) is 9.64. The molecule has 1 fully saturated rings. The number of anilines is 1. The lowest BCUT2D eigenvalue weighted by Gasteiger charge is -2.22. The van der Waals surface area contributed by atoms with Crippen molar-refractivity contribution < 1.29 is 0 Å². The van der Waals surface area contributed by atoms with E-state index in [9.17, 15) is 0 Å². The summed E-state index contributed by atoms with van der Waals surface area (Å²) in [7, 11) is 0. The molecule has 14 heavy (non-hydrogen) atoms. The Kier molecular flexibility index (Phi) is 3.71. The van der Waals surface area contributed by atoms with Gasteiger partial charge in [-0.3, -0.25) is 0 Å². The fraction of sp³-hybridized carbons (Fsp3) is 0.778. The highest BCUT2D eigenvalue weighted by molar-refractivity contribution is 7.09. The normalized spacial score (nSPS) is 22.1. The van der Waals surface area contributed by atoms with Gasteiger partial charge in [0, 0.05) is 18.1 Å². The highest BCUT2D eigenvalue weighted by Gasteiger charge is 2.12. The molecule has 1 aliphatic heterocycles. The van der Waals surface area contributed by atoms with Gasteiger partial charge in [0.2, 0.25) is 5.13 Å². The van der Waals surface area contributed by atoms with E-state index in [-0.39, 0.29) is 0 Å². The van der Waals surface area contributed by atoms with Gasteiger partial charge in [-0.05, 0) is 38.3 Å². The monoisotopic (exact) mass is 212 g/mol. The molecule has 1 aromatic heterocycles. The average molecular weight is 212 g/mol. The van der Waals surface area contributed by atoms with Gasteiger partial charge in [-0.25, -0.2) is 4.98 Å². The van der Waals surface area contributed by atoms with Crippen molar-refractivity contribution in [1.82, 2.24) is 14.7 Å². The van der Waals surface area contributed by atoms with Gasteiger partial charge in [0.15, 0.2) is 0 Å². The first-order chi connectivity index (χ1) is 6.95. The molecular formula is C9H16N4S. The summed E-state index contributed by atoms with van der Waals surface area (Å²) in [5.74, 6) is 0.837. The molecule has 0 bridgehead atoms. The highest BCUT2D eigenvalue weighted by Crippen LogP contribution is 2.14. The minimum absolute atomic E-state index is 0.837. The van der Waals surface area contributed by atoms with E-state index in [0.29, 0.717) is 0 Å². The molecule has 1 unspecified atom stereocenters. The quantitative estimate of drug-likeness (QED) is 0.791. The molecule has 1 atom stereocenters. The van der Waals surface area contributed by atoms with E-state index < -0.39 is 0 Å². The summed E-state index contributed by atoms with van der Waals surface area (Å²) in [5.41, 5.74) is 0. The maximum absolute atomic E-state index is 4.08. The molecule has 5 heteroatoms. The summed E-state index contributed by atoms with van der Waals surface area (Å²) in [6, 6.07) is 0. The van der Waals surface area contributed by atoms with Crippen molar-refractivity contribution in [2.24, 2.45) is 5.92 Å². The Balaban J connectivity index is 1.62. The van der Waals surface area contributed by atoms with Crippen LogP contribution in [0.15, 0.2) is 6.33 Å². The third-order valence-electron chi connectivity index (χ3n) is 2.59. The molecule has 0 saturated carbocycles. The summed E-state index contributed by atoms with van der Waals surface area (Å²) in [5, 5.41) is 7.65. The van der Waals surface area contributed by atoms with Gasteiger partial charge in [-0.2, -0.15) is 4.37 Å². The van der Waals surface area contributed by atoms with Gasteiger partial charge in [0.05, 0.1) is 0 Å². The summed E-state index contributed by atoms with van der Waals surface area (Å²) >= 11 is 1.42. The Labute approximate surface area is 88.3 Å². The second-order valence-corrected chi connectivity index (χ2v) is 4.45. The van der Waals surface area contributed by atoms with E-state index >= 15 is 0 Å². The van der Waals surface area contributed by atoms with Crippen molar-refractivity contribution in [2.75, 3.05) is 25.0 Å². The molecule has 4 nitrogen and oxygen atoms in total. The third kappa shape index (κ3) is 2.92. The predicted molar refractivity (Wildman–Crippen MR) is 58.6 cm³/mol. The van der Waals surface area contributed by atoms with Crippen LogP contribution in [0, 0.1) is 5.92 Å². The fourth-order valence-electron chi connectivity index (χ4n) is 1.80. The molecule has 78 valence electrons. The summed E-state index contributed by atoms with van der Waals surface area (Å²) < 4.78 is 3.94. The van der Waals surface area contributed by atoms with Crippen molar-refractivity contribution in [1.29, 1.82) is 0 Å². The SMILES string of the molecule is c1nsc(NCCC2CCCNC2)n1. The number of hydrogen-bond acceptors (Lipinski definition) is 5. The van der Waals surface area contributed by atoms with Gasteiger partial charge >= 0.3 is 0 Å². The lowest BCUT2D eigenvalue weighted by molar-refractivity contribution is 0.364. The van der Waals surface area contributed by atoms with Crippen molar-refractivity contribution in [3.05, 3.63) is 6.33 Å². The van der Waals surface area contributed by atoms with Gasteiger partial charge in [-0.1, -0.05) is 0 Å². The Morgan fingerprint density at radius 1 is 1.64 bits per heavy atom. The molecule has 1 saturated heterocycles. The lowest BCUT2D eigenvalue weighted by Crippen LogP contribution is -2.30. The minimum atomic E-state index is 0.837. The Morgan fingerprint density at radius 3 is 3.36 bits per heavy atom. The van der Waals surface area contributed by atoms with E-state index in [1.54, 1.807) is 6.33 Å². The smallest absolute Gasteiger partial charge is 0.202 e. The molecule has 1 aromatic rings. The topological polar surface area (TPSA) is 49.8 Å². The second-order valence-electron chi connectivity index (χ2n) is 3.67. The van der Waals surface area contributed by atoms with Crippen LogP contribution in [0.2, 0.25) is 0 Å². The van der Waals surface area contributed by atoms with Crippen LogP contribution in [0.5, 0.6) is 0 Å². The van der Waals surface area contributed by atoms with Gasteiger partial charge in [0.25, 0.3) is 0 Å². The molecular weight excluding hydrogens is 196 g/mol. The number of nitrogens with zero attached hydrogens (tertiary/aromatic N) is 2. The number of hydrogen-bond donors (Lipinski definition) is 2. The van der Waals surface area contributed by atoms with Crippen molar-refractivity contribution in [3.8, 4) is 0 Å². The van der Waals surface area contributed by atoms with E-state index in [1.807, 2.05) is 0 Å². The lowest BCUT2D eigenvalue weighted by atomic mass is 9.96. The fourth-order valence-corrected chi connectivity index (χ4v) is 2.26. The van der Waals surface area contributed by atoms with E-state index in [1.165, 1.54) is 43.9 Å². The first-order valence-electron chi connectivity index (χ1n) is 5.16. The summed E-state index contributed by atoms with van der Waals surface area (Å²) in [6.45, 7) is 3.39. The maximum atomic E-state index is 4.08. The van der Waals surface area contributed by atoms with Gasteiger partial charge in [0.1, 0.15) is 6.33 Å². The van der Waals surface area contributed by atoms with Crippen LogP contribution in [0.4, 0.5) is 5.13 Å². The zero-order valence-electron chi connectivity index (χ0n) is 8.20. The van der Waals surface area contributed by atoms with Crippen molar-refractivity contribution >= 4 is 16.7 Å². The predicted octanol–water partition coefficient (Wildman–Crippen LogP) is 1.34. The molecule has 0 spiro atoms. The Bertz CT molecular complexity index is 243. The number of rotatable bonds is 4. The van der Waals surface area contributed by atoms with Crippen molar-refractivity contribution in [2.45, 2.75) is 19.3 Å². The molecule has 0 aliphatic carbocycles. The molecule has 0 radical (unpaired) electrons. The molecule has 2 rings (SSSR count). The van der Waals surface area contributed by atoms with Crippen LogP contribution in [0.25, 0.3) is 0 Å². The van der Waals surface area contributed by atoms with Crippen LogP contribution in [0.3, 0.4) is 0 Å². The Morgan fingerprint density at radius 2 is 2.64 bits per heavy atom. The third-order valence-corrected chi connectivity index (χ3v) is 3.21. The molecule has 1 aliphatic rings. The van der Waals surface area contributed by atoms with Gasteiger partial charge < -0.3 is 10.6 Å².